The van der Waals surface area contributed by atoms with Crippen LogP contribution >= 0.6 is 0 Å². The minimum absolute atomic E-state index is 0.0684. The SMILES string of the molecule is O=C(O)CCc1ccc(CNC(=O)N2Cc3ccccc3C2)cc1. The van der Waals surface area contributed by atoms with Gasteiger partial charge in [-0.25, -0.2) is 4.79 Å². The van der Waals surface area contributed by atoms with E-state index in [1.54, 1.807) is 4.90 Å². The van der Waals surface area contributed by atoms with Gasteiger partial charge in [0.2, 0.25) is 0 Å². The van der Waals surface area contributed by atoms with Gasteiger partial charge in [-0.05, 0) is 28.7 Å². The zero-order valence-corrected chi connectivity index (χ0v) is 13.4. The molecule has 0 unspecified atom stereocenters. The molecule has 0 saturated carbocycles. The molecule has 2 amide bonds. The molecule has 5 heteroatoms. The number of aliphatic carboxylic acids is 1. The van der Waals surface area contributed by atoms with Gasteiger partial charge in [0.25, 0.3) is 0 Å². The molecule has 5 nitrogen and oxygen atoms in total. The number of carboxylic acid groups (broad SMARTS) is 1. The first kappa shape index (κ1) is 16.1. The van der Waals surface area contributed by atoms with Crippen LogP contribution in [0.5, 0.6) is 0 Å². The number of benzene rings is 2. The zero-order chi connectivity index (χ0) is 16.9. The average Bonchev–Trinajstić information content (AvgIpc) is 3.03. The van der Waals surface area contributed by atoms with Crippen molar-refractivity contribution in [1.82, 2.24) is 10.2 Å². The summed E-state index contributed by atoms with van der Waals surface area (Å²) in [6, 6.07) is 15.7. The Labute approximate surface area is 140 Å². The Balaban J connectivity index is 1.49. The maximum atomic E-state index is 12.3. The standard InChI is InChI=1S/C19H20N2O3/c22-18(23)10-9-14-5-7-15(8-6-14)11-20-19(24)21-12-16-3-1-2-4-17(16)13-21/h1-8H,9-13H2,(H,20,24)(H,22,23). The molecular weight excluding hydrogens is 304 g/mol. The number of nitrogens with one attached hydrogen (secondary N) is 1. The van der Waals surface area contributed by atoms with Crippen molar-refractivity contribution in [3.63, 3.8) is 0 Å². The first-order valence-corrected chi connectivity index (χ1v) is 8.01. The second kappa shape index (κ2) is 7.17. The van der Waals surface area contributed by atoms with Crippen molar-refractivity contribution in [3.8, 4) is 0 Å². The van der Waals surface area contributed by atoms with Gasteiger partial charge in [0.15, 0.2) is 0 Å². The molecule has 0 radical (unpaired) electrons. The van der Waals surface area contributed by atoms with Gasteiger partial charge in [0, 0.05) is 26.1 Å². The molecule has 24 heavy (non-hydrogen) atoms. The lowest BCUT2D eigenvalue weighted by molar-refractivity contribution is -0.136. The van der Waals surface area contributed by atoms with Crippen LogP contribution < -0.4 is 5.32 Å². The van der Waals surface area contributed by atoms with E-state index >= 15 is 0 Å². The third kappa shape index (κ3) is 3.93. The number of carbonyl (C=O) groups excluding carboxylic acids is 1. The van der Waals surface area contributed by atoms with E-state index in [0.717, 1.165) is 11.1 Å². The summed E-state index contributed by atoms with van der Waals surface area (Å²) in [5.41, 5.74) is 4.40. The maximum Gasteiger partial charge on any atom is 0.318 e. The molecule has 1 aliphatic rings. The van der Waals surface area contributed by atoms with Crippen LogP contribution in [0, 0.1) is 0 Å². The summed E-state index contributed by atoms with van der Waals surface area (Å²) in [4.78, 5) is 24.7. The van der Waals surface area contributed by atoms with Crippen LogP contribution in [-0.2, 0) is 30.8 Å². The summed E-state index contributed by atoms with van der Waals surface area (Å²) in [5.74, 6) is -0.794. The van der Waals surface area contributed by atoms with Crippen LogP contribution in [0.25, 0.3) is 0 Å². The summed E-state index contributed by atoms with van der Waals surface area (Å²) in [6.07, 6.45) is 0.652. The summed E-state index contributed by atoms with van der Waals surface area (Å²) < 4.78 is 0. The van der Waals surface area contributed by atoms with Gasteiger partial charge in [-0.3, -0.25) is 4.79 Å². The lowest BCUT2D eigenvalue weighted by Crippen LogP contribution is -2.35. The van der Waals surface area contributed by atoms with Crippen molar-refractivity contribution in [2.24, 2.45) is 0 Å². The van der Waals surface area contributed by atoms with E-state index in [2.05, 4.69) is 17.4 Å². The molecule has 124 valence electrons. The molecule has 0 bridgehead atoms. The molecule has 1 heterocycles. The average molecular weight is 324 g/mol. The molecule has 3 rings (SSSR count). The highest BCUT2D eigenvalue weighted by molar-refractivity contribution is 5.75. The highest BCUT2D eigenvalue weighted by Crippen LogP contribution is 2.22. The number of amides is 2. The summed E-state index contributed by atoms with van der Waals surface area (Å²) in [6.45, 7) is 1.76. The predicted molar refractivity (Wildman–Crippen MR) is 90.3 cm³/mol. The van der Waals surface area contributed by atoms with Crippen molar-refractivity contribution in [3.05, 3.63) is 70.8 Å². The fraction of sp³-hybridized carbons (Fsp3) is 0.263. The summed E-state index contributed by atoms with van der Waals surface area (Å²) >= 11 is 0. The second-order valence-electron chi connectivity index (χ2n) is 5.99. The smallest absolute Gasteiger partial charge is 0.318 e. The number of hydrogen-bond acceptors (Lipinski definition) is 2. The zero-order valence-electron chi connectivity index (χ0n) is 13.4. The number of carbonyl (C=O) groups is 2. The van der Waals surface area contributed by atoms with Crippen molar-refractivity contribution in [2.45, 2.75) is 32.5 Å². The topological polar surface area (TPSA) is 69.6 Å². The van der Waals surface area contributed by atoms with Gasteiger partial charge in [-0.15, -0.1) is 0 Å². The molecule has 0 fully saturated rings. The Kier molecular flexibility index (Phi) is 4.79. The molecule has 2 aromatic carbocycles. The van der Waals surface area contributed by atoms with Crippen molar-refractivity contribution in [2.75, 3.05) is 0 Å². The fourth-order valence-corrected chi connectivity index (χ4v) is 2.84. The Morgan fingerprint density at radius 1 is 0.958 bits per heavy atom. The molecule has 0 aliphatic carbocycles. The first-order valence-electron chi connectivity index (χ1n) is 8.01. The normalized spacial score (nSPS) is 12.8. The lowest BCUT2D eigenvalue weighted by atomic mass is 10.1. The third-order valence-electron chi connectivity index (χ3n) is 4.22. The molecule has 0 atom stereocenters. The number of carboxylic acids is 1. The van der Waals surface area contributed by atoms with Crippen molar-refractivity contribution in [1.29, 1.82) is 0 Å². The van der Waals surface area contributed by atoms with Crippen LogP contribution in [0.2, 0.25) is 0 Å². The summed E-state index contributed by atoms with van der Waals surface area (Å²) in [5, 5.41) is 11.6. The van der Waals surface area contributed by atoms with Gasteiger partial charge in [-0.2, -0.15) is 0 Å². The van der Waals surface area contributed by atoms with Gasteiger partial charge in [0.1, 0.15) is 0 Å². The number of urea groups is 1. The molecule has 0 spiro atoms. The Morgan fingerprint density at radius 3 is 2.12 bits per heavy atom. The van der Waals surface area contributed by atoms with Gasteiger partial charge < -0.3 is 15.3 Å². The van der Waals surface area contributed by atoms with E-state index in [9.17, 15) is 9.59 Å². The van der Waals surface area contributed by atoms with E-state index in [-0.39, 0.29) is 12.5 Å². The fourth-order valence-electron chi connectivity index (χ4n) is 2.84. The van der Waals surface area contributed by atoms with Gasteiger partial charge >= 0.3 is 12.0 Å². The quantitative estimate of drug-likeness (QED) is 0.888. The van der Waals surface area contributed by atoms with Crippen LogP contribution in [0.4, 0.5) is 4.79 Å². The molecule has 0 aromatic heterocycles. The van der Waals surface area contributed by atoms with Gasteiger partial charge in [-0.1, -0.05) is 48.5 Å². The maximum absolute atomic E-state index is 12.3. The van der Waals surface area contributed by atoms with E-state index in [1.165, 1.54) is 11.1 Å². The Morgan fingerprint density at radius 2 is 1.54 bits per heavy atom. The highest BCUT2D eigenvalue weighted by atomic mass is 16.4. The second-order valence-corrected chi connectivity index (χ2v) is 5.99. The molecule has 2 aromatic rings. The largest absolute Gasteiger partial charge is 0.481 e. The summed E-state index contributed by atoms with van der Waals surface area (Å²) in [7, 11) is 0. The number of nitrogens with zero attached hydrogens (tertiary/aromatic N) is 1. The lowest BCUT2D eigenvalue weighted by Gasteiger charge is -2.16. The van der Waals surface area contributed by atoms with Gasteiger partial charge in [0.05, 0.1) is 0 Å². The molecular formula is C19H20N2O3. The Bertz CT molecular complexity index is 716. The van der Waals surface area contributed by atoms with Crippen LogP contribution in [0.15, 0.2) is 48.5 Å². The minimum Gasteiger partial charge on any atom is -0.481 e. The van der Waals surface area contributed by atoms with Crippen LogP contribution in [-0.4, -0.2) is 22.0 Å². The van der Waals surface area contributed by atoms with Crippen molar-refractivity contribution < 1.29 is 14.7 Å². The van der Waals surface area contributed by atoms with E-state index < -0.39 is 5.97 Å². The number of fused-ring (bicyclic) bond motifs is 1. The minimum atomic E-state index is -0.794. The molecule has 1 aliphatic heterocycles. The monoisotopic (exact) mass is 324 g/mol. The van der Waals surface area contributed by atoms with E-state index in [4.69, 9.17) is 5.11 Å². The predicted octanol–water partition coefficient (Wildman–Crippen LogP) is 2.93. The number of aryl methyl sites for hydroxylation is 1. The Hall–Kier alpha value is -2.82. The molecule has 0 saturated heterocycles. The first-order chi connectivity index (χ1) is 11.6. The number of hydrogen-bond donors (Lipinski definition) is 2. The highest BCUT2D eigenvalue weighted by Gasteiger charge is 2.22. The van der Waals surface area contributed by atoms with E-state index in [1.807, 2.05) is 36.4 Å². The third-order valence-corrected chi connectivity index (χ3v) is 4.22. The van der Waals surface area contributed by atoms with Crippen LogP contribution in [0.3, 0.4) is 0 Å². The van der Waals surface area contributed by atoms with Crippen molar-refractivity contribution >= 4 is 12.0 Å². The van der Waals surface area contributed by atoms with E-state index in [0.29, 0.717) is 26.1 Å². The molecule has 2 N–H and O–H groups in total. The van der Waals surface area contributed by atoms with Crippen LogP contribution in [0.1, 0.15) is 28.7 Å². The number of rotatable bonds is 5.